The Labute approximate surface area is 136 Å². The third-order valence-corrected chi connectivity index (χ3v) is 4.14. The zero-order valence-electron chi connectivity index (χ0n) is 13.7. The van der Waals surface area contributed by atoms with Crippen LogP contribution in [0.1, 0.15) is 16.8 Å². The standard InChI is InChI=1S/C19H21N3O/c1-13-6-4-9-18(14(13)2)22-19(11-16(12-20)21-22)15-7-5-8-17(10-15)23-3/h4-11H,12,20H2,1-3H3. The molecule has 118 valence electrons. The molecule has 0 aliphatic rings. The Kier molecular flexibility index (Phi) is 4.17. The molecule has 0 radical (unpaired) electrons. The molecule has 4 heteroatoms. The van der Waals surface area contributed by atoms with Crippen molar-refractivity contribution in [1.82, 2.24) is 9.78 Å². The first-order chi connectivity index (χ1) is 11.1. The molecule has 0 saturated carbocycles. The molecule has 0 saturated heterocycles. The molecular weight excluding hydrogens is 286 g/mol. The largest absolute Gasteiger partial charge is 0.497 e. The van der Waals surface area contributed by atoms with E-state index in [1.165, 1.54) is 11.1 Å². The second-order valence-corrected chi connectivity index (χ2v) is 5.59. The molecular formula is C19H21N3O. The van der Waals surface area contributed by atoms with Crippen molar-refractivity contribution in [3.05, 3.63) is 65.4 Å². The molecule has 0 fully saturated rings. The van der Waals surface area contributed by atoms with Crippen LogP contribution in [0, 0.1) is 13.8 Å². The van der Waals surface area contributed by atoms with Crippen LogP contribution >= 0.6 is 0 Å². The Morgan fingerprint density at radius 1 is 1.09 bits per heavy atom. The van der Waals surface area contributed by atoms with Crippen molar-refractivity contribution in [3.63, 3.8) is 0 Å². The fourth-order valence-corrected chi connectivity index (χ4v) is 2.67. The SMILES string of the molecule is COc1cccc(-c2cc(CN)nn2-c2cccc(C)c2C)c1. The van der Waals surface area contributed by atoms with Crippen LogP contribution in [0.5, 0.6) is 5.75 Å². The average Bonchev–Trinajstić information content (AvgIpc) is 3.01. The summed E-state index contributed by atoms with van der Waals surface area (Å²) < 4.78 is 7.32. The van der Waals surface area contributed by atoms with Gasteiger partial charge < -0.3 is 10.5 Å². The van der Waals surface area contributed by atoms with Crippen molar-refractivity contribution in [2.24, 2.45) is 5.73 Å². The number of benzene rings is 2. The van der Waals surface area contributed by atoms with Gasteiger partial charge in [-0.2, -0.15) is 5.10 Å². The van der Waals surface area contributed by atoms with E-state index >= 15 is 0 Å². The molecule has 0 bridgehead atoms. The van der Waals surface area contributed by atoms with Crippen LogP contribution < -0.4 is 10.5 Å². The smallest absolute Gasteiger partial charge is 0.119 e. The van der Waals surface area contributed by atoms with Gasteiger partial charge in [0.25, 0.3) is 0 Å². The monoisotopic (exact) mass is 307 g/mol. The third-order valence-electron chi connectivity index (χ3n) is 4.14. The van der Waals surface area contributed by atoms with E-state index in [0.717, 1.165) is 28.4 Å². The van der Waals surface area contributed by atoms with E-state index < -0.39 is 0 Å². The summed E-state index contributed by atoms with van der Waals surface area (Å²) in [7, 11) is 1.67. The second-order valence-electron chi connectivity index (χ2n) is 5.59. The third kappa shape index (κ3) is 2.85. The van der Waals surface area contributed by atoms with E-state index in [0.29, 0.717) is 6.54 Å². The van der Waals surface area contributed by atoms with Gasteiger partial charge in [0.05, 0.1) is 24.2 Å². The van der Waals surface area contributed by atoms with Crippen LogP contribution in [-0.4, -0.2) is 16.9 Å². The highest BCUT2D eigenvalue weighted by Gasteiger charge is 2.14. The number of hydrogen-bond acceptors (Lipinski definition) is 3. The lowest BCUT2D eigenvalue weighted by atomic mass is 10.1. The highest BCUT2D eigenvalue weighted by molar-refractivity contribution is 5.65. The van der Waals surface area contributed by atoms with Gasteiger partial charge in [-0.15, -0.1) is 0 Å². The molecule has 0 spiro atoms. The van der Waals surface area contributed by atoms with Crippen LogP contribution in [0.3, 0.4) is 0 Å². The summed E-state index contributed by atoms with van der Waals surface area (Å²) in [6, 6.07) is 16.3. The molecule has 2 N–H and O–H groups in total. The van der Waals surface area contributed by atoms with Crippen molar-refractivity contribution >= 4 is 0 Å². The molecule has 3 aromatic rings. The Morgan fingerprint density at radius 3 is 2.61 bits per heavy atom. The maximum absolute atomic E-state index is 5.81. The van der Waals surface area contributed by atoms with E-state index in [1.807, 2.05) is 28.9 Å². The Hall–Kier alpha value is -2.59. The number of hydrogen-bond donors (Lipinski definition) is 1. The van der Waals surface area contributed by atoms with Crippen LogP contribution in [0.15, 0.2) is 48.5 Å². The number of nitrogens with two attached hydrogens (primary N) is 1. The van der Waals surface area contributed by atoms with Crippen LogP contribution in [0.25, 0.3) is 16.9 Å². The number of nitrogens with zero attached hydrogens (tertiary/aromatic N) is 2. The maximum Gasteiger partial charge on any atom is 0.119 e. The summed E-state index contributed by atoms with van der Waals surface area (Å²) in [5, 5.41) is 4.68. The van der Waals surface area contributed by atoms with Gasteiger partial charge in [0.15, 0.2) is 0 Å². The highest BCUT2D eigenvalue weighted by Crippen LogP contribution is 2.28. The lowest BCUT2D eigenvalue weighted by molar-refractivity contribution is 0.415. The minimum absolute atomic E-state index is 0.412. The lowest BCUT2D eigenvalue weighted by Crippen LogP contribution is -2.04. The minimum atomic E-state index is 0.412. The molecule has 0 unspecified atom stereocenters. The van der Waals surface area contributed by atoms with Crippen molar-refractivity contribution < 1.29 is 4.74 Å². The predicted octanol–water partition coefficient (Wildman–Crippen LogP) is 3.62. The molecule has 2 aromatic carbocycles. The van der Waals surface area contributed by atoms with Crippen LogP contribution in [0.4, 0.5) is 0 Å². The zero-order valence-corrected chi connectivity index (χ0v) is 13.7. The quantitative estimate of drug-likeness (QED) is 0.801. The number of aryl methyl sites for hydroxylation is 1. The van der Waals surface area contributed by atoms with E-state index in [1.54, 1.807) is 7.11 Å². The fourth-order valence-electron chi connectivity index (χ4n) is 2.67. The predicted molar refractivity (Wildman–Crippen MR) is 92.9 cm³/mol. The van der Waals surface area contributed by atoms with Crippen molar-refractivity contribution in [2.45, 2.75) is 20.4 Å². The van der Waals surface area contributed by atoms with Gasteiger partial charge in [-0.05, 0) is 49.2 Å². The van der Waals surface area contributed by atoms with E-state index in [4.69, 9.17) is 10.5 Å². The van der Waals surface area contributed by atoms with Crippen LogP contribution in [-0.2, 0) is 6.54 Å². The number of rotatable bonds is 4. The van der Waals surface area contributed by atoms with E-state index in [9.17, 15) is 0 Å². The molecule has 1 aromatic heterocycles. The molecule has 3 rings (SSSR count). The summed E-state index contributed by atoms with van der Waals surface area (Å²) in [6.07, 6.45) is 0. The number of ether oxygens (including phenoxy) is 1. The Bertz CT molecular complexity index is 836. The van der Waals surface area contributed by atoms with E-state index in [2.05, 4.69) is 43.2 Å². The molecule has 0 aliphatic carbocycles. The Morgan fingerprint density at radius 2 is 1.87 bits per heavy atom. The average molecular weight is 307 g/mol. The molecule has 23 heavy (non-hydrogen) atoms. The summed E-state index contributed by atoms with van der Waals surface area (Å²) in [4.78, 5) is 0. The van der Waals surface area contributed by atoms with Gasteiger partial charge in [0.1, 0.15) is 5.75 Å². The molecule has 0 amide bonds. The summed E-state index contributed by atoms with van der Waals surface area (Å²) in [5.41, 5.74) is 12.3. The summed E-state index contributed by atoms with van der Waals surface area (Å²) in [5.74, 6) is 0.825. The van der Waals surface area contributed by atoms with Gasteiger partial charge in [-0.1, -0.05) is 24.3 Å². The first-order valence-corrected chi connectivity index (χ1v) is 7.64. The van der Waals surface area contributed by atoms with Gasteiger partial charge in [0.2, 0.25) is 0 Å². The molecule has 0 aliphatic heterocycles. The second kappa shape index (κ2) is 6.26. The molecule has 0 atom stereocenters. The van der Waals surface area contributed by atoms with Crippen molar-refractivity contribution in [1.29, 1.82) is 0 Å². The van der Waals surface area contributed by atoms with Crippen molar-refractivity contribution in [2.75, 3.05) is 7.11 Å². The van der Waals surface area contributed by atoms with Gasteiger partial charge in [-0.3, -0.25) is 0 Å². The van der Waals surface area contributed by atoms with Gasteiger partial charge >= 0.3 is 0 Å². The molecule has 1 heterocycles. The van der Waals surface area contributed by atoms with Gasteiger partial charge in [-0.25, -0.2) is 4.68 Å². The van der Waals surface area contributed by atoms with Crippen LogP contribution in [0.2, 0.25) is 0 Å². The first-order valence-electron chi connectivity index (χ1n) is 7.64. The topological polar surface area (TPSA) is 53.1 Å². The lowest BCUT2D eigenvalue weighted by Gasteiger charge is -2.12. The highest BCUT2D eigenvalue weighted by atomic mass is 16.5. The fraction of sp³-hybridized carbons (Fsp3) is 0.211. The van der Waals surface area contributed by atoms with E-state index in [-0.39, 0.29) is 0 Å². The zero-order chi connectivity index (χ0) is 16.4. The first kappa shape index (κ1) is 15.3. The summed E-state index contributed by atoms with van der Waals surface area (Å²) >= 11 is 0. The summed E-state index contributed by atoms with van der Waals surface area (Å²) in [6.45, 7) is 4.63. The van der Waals surface area contributed by atoms with Crippen molar-refractivity contribution in [3.8, 4) is 22.7 Å². The minimum Gasteiger partial charge on any atom is -0.497 e. The number of aromatic nitrogens is 2. The van der Waals surface area contributed by atoms with Gasteiger partial charge in [0, 0.05) is 12.1 Å². The number of methoxy groups -OCH3 is 1. The Balaban J connectivity index is 2.21. The molecule has 4 nitrogen and oxygen atoms in total. The normalized spacial score (nSPS) is 10.8. The maximum atomic E-state index is 5.81.